The molecule has 0 aliphatic heterocycles. The zero-order chi connectivity index (χ0) is 28.0. The summed E-state index contributed by atoms with van der Waals surface area (Å²) in [7, 11) is 0. The molecule has 39 heavy (non-hydrogen) atoms. The summed E-state index contributed by atoms with van der Waals surface area (Å²) in [6.45, 7) is 2.17. The molecule has 0 N–H and O–H groups in total. The predicted molar refractivity (Wildman–Crippen MR) is 142 cm³/mol. The first-order chi connectivity index (χ1) is 18.6. The van der Waals surface area contributed by atoms with Crippen molar-refractivity contribution >= 4 is 0 Å². The lowest BCUT2D eigenvalue weighted by molar-refractivity contribution is -0.304. The highest BCUT2D eigenvalue weighted by atomic mass is 19.4. The first-order valence-electron chi connectivity index (χ1n) is 12.7. The third kappa shape index (κ3) is 7.22. The van der Waals surface area contributed by atoms with Gasteiger partial charge < -0.3 is 4.74 Å². The van der Waals surface area contributed by atoms with Gasteiger partial charge in [0.2, 0.25) is 0 Å². The molecule has 0 saturated carbocycles. The SMILES string of the molecule is CCCc1ccc(-c2ccccc2CCc2ccc(-c3ccc(OC(F)(F)C(F)C(F)(F)F)cc3)cc2)cc1. The summed E-state index contributed by atoms with van der Waals surface area (Å²) < 4.78 is 81.0. The highest BCUT2D eigenvalue weighted by Gasteiger charge is 2.59. The average molecular weight is 543 g/mol. The molecule has 4 rings (SSSR count). The molecule has 0 radical (unpaired) electrons. The predicted octanol–water partition coefficient (Wildman–Crippen LogP) is 9.63. The molecule has 4 aromatic rings. The number of hydrogen-bond acceptors (Lipinski definition) is 1. The first-order valence-corrected chi connectivity index (χ1v) is 12.7. The van der Waals surface area contributed by atoms with Crippen molar-refractivity contribution in [2.75, 3.05) is 0 Å². The van der Waals surface area contributed by atoms with Gasteiger partial charge in [-0.15, -0.1) is 0 Å². The molecule has 4 aromatic carbocycles. The second-order valence-corrected chi connectivity index (χ2v) is 9.39. The van der Waals surface area contributed by atoms with Crippen LogP contribution in [0.4, 0.5) is 26.3 Å². The molecular formula is C32H28F6O. The summed E-state index contributed by atoms with van der Waals surface area (Å²) in [5, 5.41) is 0. The van der Waals surface area contributed by atoms with E-state index in [9.17, 15) is 26.3 Å². The zero-order valence-corrected chi connectivity index (χ0v) is 21.3. The van der Waals surface area contributed by atoms with Crippen LogP contribution in [0.3, 0.4) is 0 Å². The molecule has 0 heterocycles. The molecular weight excluding hydrogens is 514 g/mol. The molecule has 0 fully saturated rings. The van der Waals surface area contributed by atoms with Crippen molar-refractivity contribution in [3.05, 3.63) is 114 Å². The molecule has 0 aromatic heterocycles. The highest BCUT2D eigenvalue weighted by Crippen LogP contribution is 2.37. The lowest BCUT2D eigenvalue weighted by atomic mass is 9.94. The summed E-state index contributed by atoms with van der Waals surface area (Å²) in [5.74, 6) is -0.564. The lowest BCUT2D eigenvalue weighted by Crippen LogP contribution is -2.45. The molecule has 0 aliphatic carbocycles. The van der Waals surface area contributed by atoms with E-state index in [0.29, 0.717) is 5.56 Å². The van der Waals surface area contributed by atoms with Crippen molar-refractivity contribution in [3.63, 3.8) is 0 Å². The number of rotatable bonds is 10. The Morgan fingerprint density at radius 1 is 0.615 bits per heavy atom. The van der Waals surface area contributed by atoms with Crippen LogP contribution in [0, 0.1) is 0 Å². The van der Waals surface area contributed by atoms with E-state index in [1.165, 1.54) is 34.4 Å². The maximum Gasteiger partial charge on any atom is 0.439 e. The van der Waals surface area contributed by atoms with Crippen molar-refractivity contribution in [3.8, 4) is 28.0 Å². The number of benzene rings is 4. The topological polar surface area (TPSA) is 9.23 Å². The van der Waals surface area contributed by atoms with Gasteiger partial charge in [0.15, 0.2) is 0 Å². The Morgan fingerprint density at radius 2 is 1.13 bits per heavy atom. The van der Waals surface area contributed by atoms with Gasteiger partial charge in [0.25, 0.3) is 6.17 Å². The van der Waals surface area contributed by atoms with E-state index in [0.717, 1.165) is 48.9 Å². The van der Waals surface area contributed by atoms with Crippen LogP contribution in [0.1, 0.15) is 30.0 Å². The zero-order valence-electron chi connectivity index (χ0n) is 21.3. The Morgan fingerprint density at radius 3 is 1.69 bits per heavy atom. The maximum atomic E-state index is 13.5. The quantitative estimate of drug-likeness (QED) is 0.181. The van der Waals surface area contributed by atoms with E-state index in [1.54, 1.807) is 0 Å². The van der Waals surface area contributed by atoms with Crippen LogP contribution in [-0.4, -0.2) is 18.5 Å². The van der Waals surface area contributed by atoms with Crippen molar-refractivity contribution in [2.45, 2.75) is 51.1 Å². The summed E-state index contributed by atoms with van der Waals surface area (Å²) in [4.78, 5) is 0. The fourth-order valence-electron chi connectivity index (χ4n) is 4.42. The van der Waals surface area contributed by atoms with Gasteiger partial charge in [0.05, 0.1) is 0 Å². The molecule has 1 nitrogen and oxygen atoms in total. The molecule has 1 unspecified atom stereocenters. The molecule has 0 amide bonds. The summed E-state index contributed by atoms with van der Waals surface area (Å²) >= 11 is 0. The summed E-state index contributed by atoms with van der Waals surface area (Å²) in [5.41, 5.74) is 7.54. The second-order valence-electron chi connectivity index (χ2n) is 9.39. The maximum absolute atomic E-state index is 13.5. The Balaban J connectivity index is 1.40. The second kappa shape index (κ2) is 12.0. The normalized spacial score (nSPS) is 12.8. The van der Waals surface area contributed by atoms with Gasteiger partial charge in [-0.3, -0.25) is 0 Å². The Kier molecular flexibility index (Phi) is 8.68. The summed E-state index contributed by atoms with van der Waals surface area (Å²) in [6.07, 6.45) is -11.3. The lowest BCUT2D eigenvalue weighted by Gasteiger charge is -2.23. The van der Waals surface area contributed by atoms with Gasteiger partial charge in [-0.05, 0) is 70.3 Å². The number of halogens is 6. The van der Waals surface area contributed by atoms with Crippen molar-refractivity contribution in [1.82, 2.24) is 0 Å². The van der Waals surface area contributed by atoms with Crippen molar-refractivity contribution in [1.29, 1.82) is 0 Å². The Hall–Kier alpha value is -3.74. The number of alkyl halides is 6. The monoisotopic (exact) mass is 542 g/mol. The van der Waals surface area contributed by atoms with Crippen molar-refractivity contribution < 1.29 is 31.1 Å². The minimum Gasteiger partial charge on any atom is -0.430 e. The van der Waals surface area contributed by atoms with Crippen LogP contribution in [0.2, 0.25) is 0 Å². The fraction of sp³-hybridized carbons (Fsp3) is 0.250. The van der Waals surface area contributed by atoms with Gasteiger partial charge in [-0.2, -0.15) is 22.0 Å². The van der Waals surface area contributed by atoms with Gasteiger partial charge in [-0.25, -0.2) is 4.39 Å². The highest BCUT2D eigenvalue weighted by molar-refractivity contribution is 5.68. The Bertz CT molecular complexity index is 1340. The van der Waals surface area contributed by atoms with Gasteiger partial charge in [-0.1, -0.05) is 98.3 Å². The molecule has 0 aliphatic rings. The molecule has 0 saturated heterocycles. The van der Waals surface area contributed by atoms with Gasteiger partial charge in [0, 0.05) is 0 Å². The molecule has 1 atom stereocenters. The summed E-state index contributed by atoms with van der Waals surface area (Å²) in [6, 6.07) is 29.8. The van der Waals surface area contributed by atoms with Gasteiger partial charge in [0.1, 0.15) is 5.75 Å². The van der Waals surface area contributed by atoms with E-state index < -0.39 is 24.2 Å². The fourth-order valence-corrected chi connectivity index (χ4v) is 4.42. The van der Waals surface area contributed by atoms with Crippen LogP contribution in [-0.2, 0) is 19.3 Å². The van der Waals surface area contributed by atoms with Crippen LogP contribution in [0.25, 0.3) is 22.3 Å². The molecule has 0 spiro atoms. The van der Waals surface area contributed by atoms with E-state index in [1.807, 2.05) is 36.4 Å². The third-order valence-corrected chi connectivity index (χ3v) is 6.48. The first kappa shape index (κ1) is 28.3. The minimum atomic E-state index is -5.73. The largest absolute Gasteiger partial charge is 0.439 e. The minimum absolute atomic E-state index is 0.564. The van der Waals surface area contributed by atoms with E-state index >= 15 is 0 Å². The van der Waals surface area contributed by atoms with Crippen LogP contribution < -0.4 is 4.74 Å². The smallest absolute Gasteiger partial charge is 0.430 e. The van der Waals surface area contributed by atoms with Crippen molar-refractivity contribution in [2.24, 2.45) is 0 Å². The molecule has 204 valence electrons. The number of hydrogen-bond donors (Lipinski definition) is 0. The van der Waals surface area contributed by atoms with Crippen LogP contribution >= 0.6 is 0 Å². The van der Waals surface area contributed by atoms with E-state index in [-0.39, 0.29) is 0 Å². The Labute approximate surface area is 224 Å². The average Bonchev–Trinajstić information content (AvgIpc) is 2.92. The van der Waals surface area contributed by atoms with E-state index in [4.69, 9.17) is 0 Å². The molecule has 0 bridgehead atoms. The third-order valence-electron chi connectivity index (χ3n) is 6.48. The standard InChI is InChI=1S/C32H28F6O/c1-2-5-22-10-16-27(17-11-22)29-7-4-3-6-26(29)15-12-23-8-13-24(14-9-23)25-18-20-28(21-19-25)39-32(37,38)30(33)31(34,35)36/h3-4,6-11,13-14,16-21,30H,2,5,12,15H2,1H3. The van der Waals surface area contributed by atoms with E-state index in [2.05, 4.69) is 48.1 Å². The molecule has 7 heteroatoms. The van der Waals surface area contributed by atoms with Crippen LogP contribution in [0.5, 0.6) is 5.75 Å². The van der Waals surface area contributed by atoms with Gasteiger partial charge >= 0.3 is 12.3 Å². The number of aryl methyl sites for hydroxylation is 3. The number of ether oxygens (including phenoxy) is 1. The van der Waals surface area contributed by atoms with Crippen LogP contribution in [0.15, 0.2) is 97.1 Å².